The number of halogens is 1. The van der Waals surface area contributed by atoms with Crippen molar-refractivity contribution in [1.82, 2.24) is 4.31 Å². The normalized spacial score (nSPS) is 19.9. The van der Waals surface area contributed by atoms with Crippen molar-refractivity contribution in [3.05, 3.63) is 29.6 Å². The number of primary amides is 1. The molecule has 0 bridgehead atoms. The smallest absolute Gasteiger partial charge is 0.243 e. The summed E-state index contributed by atoms with van der Waals surface area (Å²) in [5, 5.41) is 8.79. The summed E-state index contributed by atoms with van der Waals surface area (Å²) in [5.41, 5.74) is 4.90. The molecule has 1 heterocycles. The third kappa shape index (κ3) is 2.89. The number of benzene rings is 1. The molecule has 1 aromatic rings. The number of nitrogens with zero attached hydrogens (tertiary/aromatic N) is 2. The number of sulfonamides is 1. The summed E-state index contributed by atoms with van der Waals surface area (Å²) in [6.45, 7) is 0.176. The summed E-state index contributed by atoms with van der Waals surface area (Å²) < 4.78 is 39.5. The largest absolute Gasteiger partial charge is 0.368 e. The van der Waals surface area contributed by atoms with Crippen LogP contribution in [0.5, 0.6) is 0 Å². The molecule has 2 N–H and O–H groups in total. The molecular weight excluding hydrogens is 297 g/mol. The molecule has 1 aliphatic rings. The zero-order chi connectivity index (χ0) is 15.6. The second kappa shape index (κ2) is 5.79. The van der Waals surface area contributed by atoms with Gasteiger partial charge in [-0.2, -0.15) is 9.57 Å². The summed E-state index contributed by atoms with van der Waals surface area (Å²) in [5.74, 6) is -1.50. The molecule has 8 heteroatoms. The molecule has 1 aromatic carbocycles. The maximum absolute atomic E-state index is 13.3. The number of hydrogen-bond donors (Lipinski definition) is 1. The van der Waals surface area contributed by atoms with Crippen LogP contribution < -0.4 is 5.73 Å². The van der Waals surface area contributed by atoms with Gasteiger partial charge in [-0.3, -0.25) is 4.79 Å². The lowest BCUT2D eigenvalue weighted by atomic mass is 10.0. The van der Waals surface area contributed by atoms with Crippen molar-refractivity contribution in [2.75, 3.05) is 6.54 Å². The van der Waals surface area contributed by atoms with Gasteiger partial charge in [0.2, 0.25) is 15.9 Å². The fourth-order valence-corrected chi connectivity index (χ4v) is 4.05. The molecule has 0 spiro atoms. The van der Waals surface area contributed by atoms with Gasteiger partial charge < -0.3 is 5.73 Å². The molecule has 2 rings (SSSR count). The number of nitrogens with two attached hydrogens (primary N) is 1. The summed E-state index contributed by atoms with van der Waals surface area (Å²) in [6, 6.07) is 3.67. The fourth-order valence-electron chi connectivity index (χ4n) is 2.36. The van der Waals surface area contributed by atoms with Crippen molar-refractivity contribution in [2.24, 2.45) is 5.73 Å². The highest BCUT2D eigenvalue weighted by Crippen LogP contribution is 2.26. The van der Waals surface area contributed by atoms with E-state index >= 15 is 0 Å². The van der Waals surface area contributed by atoms with E-state index in [1.54, 1.807) is 6.07 Å². The molecule has 1 saturated heterocycles. The Hall–Kier alpha value is -1.98. The minimum atomic E-state index is -3.99. The second-order valence-corrected chi connectivity index (χ2v) is 6.67. The average Bonchev–Trinajstić information content (AvgIpc) is 2.47. The van der Waals surface area contributed by atoms with Gasteiger partial charge in [-0.25, -0.2) is 12.8 Å². The monoisotopic (exact) mass is 311 g/mol. The molecule has 1 fully saturated rings. The molecule has 1 atom stereocenters. The number of hydrogen-bond acceptors (Lipinski definition) is 4. The number of rotatable bonds is 3. The first-order valence-electron chi connectivity index (χ1n) is 6.38. The van der Waals surface area contributed by atoms with E-state index in [-0.39, 0.29) is 17.0 Å². The van der Waals surface area contributed by atoms with E-state index < -0.39 is 27.8 Å². The van der Waals surface area contributed by atoms with Crippen LogP contribution >= 0.6 is 0 Å². The van der Waals surface area contributed by atoms with Gasteiger partial charge in [0, 0.05) is 6.54 Å². The topological polar surface area (TPSA) is 104 Å². The first-order valence-corrected chi connectivity index (χ1v) is 7.82. The molecule has 1 aliphatic heterocycles. The minimum Gasteiger partial charge on any atom is -0.368 e. The molecule has 0 aromatic heterocycles. The van der Waals surface area contributed by atoms with E-state index in [0.717, 1.165) is 22.5 Å². The van der Waals surface area contributed by atoms with E-state index in [1.165, 1.54) is 0 Å². The molecule has 0 radical (unpaired) electrons. The van der Waals surface area contributed by atoms with Crippen LogP contribution in [0.15, 0.2) is 23.1 Å². The Labute approximate surface area is 122 Å². The standard InChI is InChI=1S/C13H14FN3O3S/c14-11-5-4-10(7-9(11)8-15)21(19,20)17-6-2-1-3-12(17)13(16)18/h4-5,7,12H,1-3,6H2,(H2,16,18). The van der Waals surface area contributed by atoms with Gasteiger partial charge in [0.15, 0.2) is 0 Å². The summed E-state index contributed by atoms with van der Waals surface area (Å²) in [6.07, 6.45) is 1.70. The van der Waals surface area contributed by atoms with Gasteiger partial charge in [-0.1, -0.05) is 6.42 Å². The molecule has 1 amide bonds. The second-order valence-electron chi connectivity index (χ2n) is 4.78. The van der Waals surface area contributed by atoms with Gasteiger partial charge >= 0.3 is 0 Å². The van der Waals surface area contributed by atoms with E-state index in [1.807, 2.05) is 0 Å². The lowest BCUT2D eigenvalue weighted by Gasteiger charge is -2.32. The van der Waals surface area contributed by atoms with E-state index in [2.05, 4.69) is 0 Å². The molecule has 1 unspecified atom stereocenters. The van der Waals surface area contributed by atoms with Crippen LogP contribution in [0.3, 0.4) is 0 Å². The van der Waals surface area contributed by atoms with Crippen molar-refractivity contribution in [3.8, 4) is 6.07 Å². The number of nitriles is 1. The van der Waals surface area contributed by atoms with Crippen LogP contribution in [0, 0.1) is 17.1 Å². The summed E-state index contributed by atoms with van der Waals surface area (Å²) in [4.78, 5) is 11.2. The van der Waals surface area contributed by atoms with Crippen molar-refractivity contribution in [3.63, 3.8) is 0 Å². The van der Waals surface area contributed by atoms with Gasteiger partial charge in [-0.15, -0.1) is 0 Å². The highest BCUT2D eigenvalue weighted by Gasteiger charge is 2.36. The van der Waals surface area contributed by atoms with Crippen molar-refractivity contribution < 1.29 is 17.6 Å². The predicted octanol–water partition coefficient (Wildman–Crippen LogP) is 0.726. The Balaban J connectivity index is 2.46. The van der Waals surface area contributed by atoms with E-state index in [9.17, 15) is 17.6 Å². The molecule has 0 saturated carbocycles. The fraction of sp³-hybridized carbons (Fsp3) is 0.385. The van der Waals surface area contributed by atoms with Crippen LogP contribution in [0.25, 0.3) is 0 Å². The lowest BCUT2D eigenvalue weighted by molar-refractivity contribution is -0.122. The number of amides is 1. The Bertz CT molecular complexity index is 712. The third-order valence-electron chi connectivity index (χ3n) is 3.45. The first-order chi connectivity index (χ1) is 9.87. The Morgan fingerprint density at radius 1 is 1.43 bits per heavy atom. The Morgan fingerprint density at radius 3 is 2.76 bits per heavy atom. The minimum absolute atomic E-state index is 0.176. The predicted molar refractivity (Wildman–Crippen MR) is 71.8 cm³/mol. The van der Waals surface area contributed by atoms with Gasteiger partial charge in [0.25, 0.3) is 0 Å². The molecule has 6 nitrogen and oxygen atoms in total. The van der Waals surface area contributed by atoms with Crippen LogP contribution in [-0.4, -0.2) is 31.2 Å². The Kier molecular flexibility index (Phi) is 4.25. The SMILES string of the molecule is N#Cc1cc(S(=O)(=O)N2CCCCC2C(N)=O)ccc1F. The summed E-state index contributed by atoms with van der Waals surface area (Å²) >= 11 is 0. The van der Waals surface area contributed by atoms with Crippen LogP contribution in [-0.2, 0) is 14.8 Å². The number of carbonyl (C=O) groups excluding carboxylic acids is 1. The van der Waals surface area contributed by atoms with E-state index in [4.69, 9.17) is 11.0 Å². The van der Waals surface area contributed by atoms with Gasteiger partial charge in [0.1, 0.15) is 17.9 Å². The Morgan fingerprint density at radius 2 is 2.14 bits per heavy atom. The highest BCUT2D eigenvalue weighted by atomic mass is 32.2. The van der Waals surface area contributed by atoms with Gasteiger partial charge in [-0.05, 0) is 31.0 Å². The van der Waals surface area contributed by atoms with Crippen LogP contribution in [0.4, 0.5) is 4.39 Å². The van der Waals surface area contributed by atoms with Crippen LogP contribution in [0.1, 0.15) is 24.8 Å². The molecule has 112 valence electrons. The van der Waals surface area contributed by atoms with Crippen molar-refractivity contribution >= 4 is 15.9 Å². The molecule has 21 heavy (non-hydrogen) atoms. The molecule has 0 aliphatic carbocycles. The third-order valence-corrected chi connectivity index (χ3v) is 5.35. The zero-order valence-electron chi connectivity index (χ0n) is 11.1. The quantitative estimate of drug-likeness (QED) is 0.888. The van der Waals surface area contributed by atoms with Crippen molar-refractivity contribution in [1.29, 1.82) is 5.26 Å². The molecular formula is C13H14FN3O3S. The average molecular weight is 311 g/mol. The highest BCUT2D eigenvalue weighted by molar-refractivity contribution is 7.89. The summed E-state index contributed by atoms with van der Waals surface area (Å²) in [7, 11) is -3.99. The van der Waals surface area contributed by atoms with Gasteiger partial charge in [0.05, 0.1) is 10.5 Å². The lowest BCUT2D eigenvalue weighted by Crippen LogP contribution is -2.50. The maximum atomic E-state index is 13.3. The number of piperidine rings is 1. The maximum Gasteiger partial charge on any atom is 0.243 e. The van der Waals surface area contributed by atoms with Crippen molar-refractivity contribution in [2.45, 2.75) is 30.2 Å². The van der Waals surface area contributed by atoms with Crippen LogP contribution in [0.2, 0.25) is 0 Å². The first kappa shape index (κ1) is 15.4. The number of carbonyl (C=O) groups is 1. The van der Waals surface area contributed by atoms with E-state index in [0.29, 0.717) is 19.3 Å². The zero-order valence-corrected chi connectivity index (χ0v) is 11.9.